The topological polar surface area (TPSA) is 97.6 Å². The number of nitrogens with zero attached hydrogens (tertiary/aromatic N) is 4. The van der Waals surface area contributed by atoms with Gasteiger partial charge in [-0.15, -0.1) is 5.10 Å². The average Bonchev–Trinajstić information content (AvgIpc) is 2.95. The number of hydrogen-bond acceptors (Lipinski definition) is 5. The molecule has 0 spiro atoms. The number of aromatic nitrogens is 5. The van der Waals surface area contributed by atoms with Crippen molar-refractivity contribution >= 4 is 23.4 Å². The molecule has 2 heterocycles. The van der Waals surface area contributed by atoms with Crippen molar-refractivity contribution in [2.24, 2.45) is 7.05 Å². The van der Waals surface area contributed by atoms with Crippen molar-refractivity contribution in [1.82, 2.24) is 24.5 Å². The molecule has 23 heavy (non-hydrogen) atoms. The van der Waals surface area contributed by atoms with Crippen LogP contribution in [0.1, 0.15) is 31.7 Å². The Bertz CT molecular complexity index is 760. The van der Waals surface area contributed by atoms with E-state index in [0.29, 0.717) is 11.7 Å². The molecule has 1 amide bonds. The van der Waals surface area contributed by atoms with Gasteiger partial charge in [0, 0.05) is 13.6 Å². The summed E-state index contributed by atoms with van der Waals surface area (Å²) >= 11 is 1.26. The number of carbonyl (C=O) groups is 1. The SMILES string of the molecule is CCCn1c(S[C@@H](C)C(=O)Nc2c(C)nn(C)c2C)n[nH]c1=O. The van der Waals surface area contributed by atoms with Crippen LogP contribution in [0.15, 0.2) is 9.95 Å². The molecule has 0 aliphatic carbocycles. The summed E-state index contributed by atoms with van der Waals surface area (Å²) in [7, 11) is 1.84. The molecule has 0 unspecified atom stereocenters. The van der Waals surface area contributed by atoms with Crippen LogP contribution in [0.3, 0.4) is 0 Å². The van der Waals surface area contributed by atoms with Gasteiger partial charge in [0.25, 0.3) is 0 Å². The maximum Gasteiger partial charge on any atom is 0.343 e. The molecule has 2 aromatic rings. The number of anilines is 1. The summed E-state index contributed by atoms with van der Waals surface area (Å²) in [5.41, 5.74) is 2.16. The molecule has 0 radical (unpaired) electrons. The van der Waals surface area contributed by atoms with Crippen molar-refractivity contribution in [2.45, 2.75) is 51.1 Å². The number of nitrogens with one attached hydrogen (secondary N) is 2. The number of aryl methyl sites for hydroxylation is 2. The number of rotatable bonds is 6. The van der Waals surface area contributed by atoms with E-state index in [4.69, 9.17) is 0 Å². The lowest BCUT2D eigenvalue weighted by Gasteiger charge is -2.12. The standard InChI is InChI=1S/C14H22N6O2S/c1-6-7-20-13(22)16-17-14(20)23-10(4)12(21)15-11-8(2)18-19(5)9(11)3/h10H,6-7H2,1-5H3,(H,15,21)(H,16,22)/t10-/m0/s1. The molecular formula is C14H22N6O2S. The number of aromatic amines is 1. The third kappa shape index (κ3) is 3.66. The largest absolute Gasteiger partial charge is 0.343 e. The van der Waals surface area contributed by atoms with E-state index in [0.717, 1.165) is 23.5 Å². The lowest BCUT2D eigenvalue weighted by molar-refractivity contribution is -0.115. The third-order valence-corrected chi connectivity index (χ3v) is 4.67. The Hall–Kier alpha value is -2.03. The van der Waals surface area contributed by atoms with Gasteiger partial charge in [0.15, 0.2) is 5.16 Å². The molecule has 0 aromatic carbocycles. The van der Waals surface area contributed by atoms with E-state index in [9.17, 15) is 9.59 Å². The first-order chi connectivity index (χ1) is 10.8. The number of carbonyl (C=O) groups excluding carboxylic acids is 1. The van der Waals surface area contributed by atoms with Crippen LogP contribution in [0.25, 0.3) is 0 Å². The highest BCUT2D eigenvalue weighted by Crippen LogP contribution is 2.23. The van der Waals surface area contributed by atoms with E-state index in [-0.39, 0.29) is 16.8 Å². The Morgan fingerprint density at radius 1 is 1.43 bits per heavy atom. The van der Waals surface area contributed by atoms with E-state index < -0.39 is 0 Å². The molecule has 2 N–H and O–H groups in total. The lowest BCUT2D eigenvalue weighted by atomic mass is 10.3. The Balaban J connectivity index is 2.10. The minimum absolute atomic E-state index is 0.146. The maximum absolute atomic E-state index is 12.4. The molecule has 0 saturated carbocycles. The van der Waals surface area contributed by atoms with Crippen molar-refractivity contribution in [1.29, 1.82) is 0 Å². The smallest absolute Gasteiger partial charge is 0.322 e. The number of amides is 1. The van der Waals surface area contributed by atoms with Gasteiger partial charge in [0.1, 0.15) is 0 Å². The predicted octanol–water partition coefficient (Wildman–Crippen LogP) is 1.45. The molecular weight excluding hydrogens is 316 g/mol. The second-order valence-corrected chi connectivity index (χ2v) is 6.69. The van der Waals surface area contributed by atoms with Crippen LogP contribution >= 0.6 is 11.8 Å². The van der Waals surface area contributed by atoms with Crippen LogP contribution in [0.5, 0.6) is 0 Å². The predicted molar refractivity (Wildman–Crippen MR) is 89.8 cm³/mol. The molecule has 0 saturated heterocycles. The second-order valence-electron chi connectivity index (χ2n) is 5.38. The van der Waals surface area contributed by atoms with Gasteiger partial charge in [0.2, 0.25) is 5.91 Å². The van der Waals surface area contributed by atoms with Gasteiger partial charge in [-0.1, -0.05) is 18.7 Å². The van der Waals surface area contributed by atoms with Crippen molar-refractivity contribution in [3.05, 3.63) is 21.9 Å². The van der Waals surface area contributed by atoms with Gasteiger partial charge < -0.3 is 5.32 Å². The van der Waals surface area contributed by atoms with E-state index in [1.807, 2.05) is 27.8 Å². The molecule has 0 fully saturated rings. The molecule has 0 bridgehead atoms. The molecule has 9 heteroatoms. The van der Waals surface area contributed by atoms with Gasteiger partial charge in [0.05, 0.1) is 22.3 Å². The number of hydrogen-bond donors (Lipinski definition) is 2. The Morgan fingerprint density at radius 2 is 2.13 bits per heavy atom. The zero-order chi connectivity index (χ0) is 17.1. The summed E-state index contributed by atoms with van der Waals surface area (Å²) in [6, 6.07) is 0. The molecule has 1 atom stereocenters. The van der Waals surface area contributed by atoms with Crippen molar-refractivity contribution in [3.63, 3.8) is 0 Å². The number of thioether (sulfide) groups is 1. The summed E-state index contributed by atoms with van der Waals surface area (Å²) in [6.07, 6.45) is 0.821. The fourth-order valence-electron chi connectivity index (χ4n) is 2.20. The van der Waals surface area contributed by atoms with E-state index in [1.165, 1.54) is 11.8 Å². The average molecular weight is 338 g/mol. The zero-order valence-corrected chi connectivity index (χ0v) is 14.8. The van der Waals surface area contributed by atoms with Gasteiger partial charge >= 0.3 is 5.69 Å². The maximum atomic E-state index is 12.4. The van der Waals surface area contributed by atoms with Gasteiger partial charge in [-0.3, -0.25) is 14.0 Å². The molecule has 2 aromatic heterocycles. The molecule has 8 nitrogen and oxygen atoms in total. The highest BCUT2D eigenvalue weighted by molar-refractivity contribution is 8.00. The Labute approximate surface area is 138 Å². The van der Waals surface area contributed by atoms with Crippen LogP contribution in [0.2, 0.25) is 0 Å². The van der Waals surface area contributed by atoms with Crippen LogP contribution in [-0.4, -0.2) is 35.7 Å². The zero-order valence-electron chi connectivity index (χ0n) is 14.0. The van der Waals surface area contributed by atoms with Gasteiger partial charge in [-0.25, -0.2) is 9.89 Å². The summed E-state index contributed by atoms with van der Waals surface area (Å²) in [5.74, 6) is -0.146. The Kier molecular flexibility index (Phi) is 5.30. The fourth-order valence-corrected chi connectivity index (χ4v) is 3.09. The first-order valence-electron chi connectivity index (χ1n) is 7.48. The van der Waals surface area contributed by atoms with Crippen LogP contribution < -0.4 is 11.0 Å². The molecule has 126 valence electrons. The fraction of sp³-hybridized carbons (Fsp3) is 0.571. The summed E-state index contributed by atoms with van der Waals surface area (Å²) < 4.78 is 3.28. The normalized spacial score (nSPS) is 12.4. The molecule has 0 aliphatic heterocycles. The quantitative estimate of drug-likeness (QED) is 0.777. The highest BCUT2D eigenvalue weighted by Gasteiger charge is 2.21. The third-order valence-electron chi connectivity index (χ3n) is 3.58. The van der Waals surface area contributed by atoms with Crippen molar-refractivity contribution < 1.29 is 4.79 Å². The summed E-state index contributed by atoms with van der Waals surface area (Å²) in [5, 5.41) is 13.8. The van der Waals surface area contributed by atoms with Gasteiger partial charge in [-0.05, 0) is 27.2 Å². The first kappa shape index (κ1) is 17.3. The molecule has 0 aliphatic rings. The lowest BCUT2D eigenvalue weighted by Crippen LogP contribution is -2.24. The van der Waals surface area contributed by atoms with Crippen LogP contribution in [-0.2, 0) is 18.4 Å². The van der Waals surface area contributed by atoms with E-state index in [1.54, 1.807) is 16.2 Å². The minimum Gasteiger partial charge on any atom is -0.322 e. The van der Waals surface area contributed by atoms with Crippen molar-refractivity contribution in [3.8, 4) is 0 Å². The molecule has 2 rings (SSSR count). The van der Waals surface area contributed by atoms with Gasteiger partial charge in [-0.2, -0.15) is 5.10 Å². The summed E-state index contributed by atoms with van der Waals surface area (Å²) in [6.45, 7) is 8.11. The monoisotopic (exact) mass is 338 g/mol. The minimum atomic E-state index is -0.389. The van der Waals surface area contributed by atoms with E-state index in [2.05, 4.69) is 20.6 Å². The number of H-pyrrole nitrogens is 1. The summed E-state index contributed by atoms with van der Waals surface area (Å²) in [4.78, 5) is 24.1. The van der Waals surface area contributed by atoms with Crippen molar-refractivity contribution in [2.75, 3.05) is 5.32 Å². The van der Waals surface area contributed by atoms with Crippen LogP contribution in [0.4, 0.5) is 5.69 Å². The first-order valence-corrected chi connectivity index (χ1v) is 8.36. The van der Waals surface area contributed by atoms with Crippen LogP contribution in [0, 0.1) is 13.8 Å². The Morgan fingerprint density at radius 3 is 2.70 bits per heavy atom. The highest BCUT2D eigenvalue weighted by atomic mass is 32.2. The second kappa shape index (κ2) is 7.03. The van der Waals surface area contributed by atoms with E-state index >= 15 is 0 Å².